The summed E-state index contributed by atoms with van der Waals surface area (Å²) in [4.78, 5) is 22.7. The maximum absolute atomic E-state index is 11.6. The van der Waals surface area contributed by atoms with Gasteiger partial charge in [0.15, 0.2) is 0 Å². The maximum atomic E-state index is 11.6. The van der Waals surface area contributed by atoms with Crippen LogP contribution in [-0.2, 0) is 4.74 Å². The minimum absolute atomic E-state index is 0.00939. The first kappa shape index (κ1) is 14.4. The van der Waals surface area contributed by atoms with Gasteiger partial charge in [0.05, 0.1) is 18.2 Å². The van der Waals surface area contributed by atoms with E-state index in [9.17, 15) is 9.59 Å². The average Bonchev–Trinajstić information content (AvgIpc) is 2.52. The Morgan fingerprint density at radius 2 is 1.62 bits per heavy atom. The van der Waals surface area contributed by atoms with E-state index in [1.54, 1.807) is 6.07 Å². The molecule has 4 heteroatoms. The minimum Gasteiger partial charge on any atom is -0.478 e. The predicted octanol–water partition coefficient (Wildman–Crippen LogP) is 2.57. The third-order valence-electron chi connectivity index (χ3n) is 2.78. The molecule has 0 aliphatic rings. The lowest BCUT2D eigenvalue weighted by atomic mass is 10.0. The van der Waals surface area contributed by atoms with Gasteiger partial charge in [-0.15, -0.1) is 0 Å². The molecule has 0 fully saturated rings. The normalized spacial score (nSPS) is 9.38. The molecule has 0 saturated heterocycles. The first-order valence-electron chi connectivity index (χ1n) is 6.14. The van der Waals surface area contributed by atoms with E-state index in [1.165, 1.54) is 19.2 Å². The van der Waals surface area contributed by atoms with E-state index in [1.807, 2.05) is 30.3 Å². The molecule has 21 heavy (non-hydrogen) atoms. The van der Waals surface area contributed by atoms with Gasteiger partial charge in [0.1, 0.15) is 0 Å². The summed E-state index contributed by atoms with van der Waals surface area (Å²) in [5.41, 5.74) is 1.26. The summed E-state index contributed by atoms with van der Waals surface area (Å²) in [6, 6.07) is 13.7. The molecule has 0 amide bonds. The van der Waals surface area contributed by atoms with Crippen molar-refractivity contribution >= 4 is 11.9 Å². The summed E-state index contributed by atoms with van der Waals surface area (Å²) in [6.45, 7) is 0. The van der Waals surface area contributed by atoms with E-state index in [-0.39, 0.29) is 11.1 Å². The molecule has 0 aliphatic carbocycles. The van der Waals surface area contributed by atoms with Crippen molar-refractivity contribution in [2.24, 2.45) is 0 Å². The van der Waals surface area contributed by atoms with Crippen LogP contribution in [-0.4, -0.2) is 24.2 Å². The lowest BCUT2D eigenvalue weighted by molar-refractivity contribution is 0.0582. The number of aromatic carboxylic acids is 1. The van der Waals surface area contributed by atoms with Gasteiger partial charge in [-0.3, -0.25) is 0 Å². The van der Waals surface area contributed by atoms with Gasteiger partial charge in [0.2, 0.25) is 0 Å². The van der Waals surface area contributed by atoms with Crippen LogP contribution < -0.4 is 0 Å². The highest BCUT2D eigenvalue weighted by molar-refractivity contribution is 6.02. The standard InChI is InChI=1S/C17H12O4/c1-21-17(20)15-11-13(9-10-14(15)16(18)19)8-7-12-5-3-2-4-6-12/h2-6,9-11H,1H3,(H,18,19). The lowest BCUT2D eigenvalue weighted by Crippen LogP contribution is -2.10. The number of carbonyl (C=O) groups excluding carboxylic acids is 1. The number of carboxylic acid groups (broad SMARTS) is 1. The van der Waals surface area contributed by atoms with Gasteiger partial charge in [-0.2, -0.15) is 0 Å². The molecule has 2 aromatic rings. The highest BCUT2D eigenvalue weighted by atomic mass is 16.5. The van der Waals surface area contributed by atoms with Crippen LogP contribution >= 0.6 is 0 Å². The molecule has 0 atom stereocenters. The second-order valence-electron chi connectivity index (χ2n) is 4.17. The van der Waals surface area contributed by atoms with E-state index < -0.39 is 11.9 Å². The molecule has 0 bridgehead atoms. The monoisotopic (exact) mass is 280 g/mol. The Kier molecular flexibility index (Phi) is 4.37. The van der Waals surface area contributed by atoms with Crippen LogP contribution in [0.25, 0.3) is 0 Å². The topological polar surface area (TPSA) is 63.6 Å². The van der Waals surface area contributed by atoms with Gasteiger partial charge in [-0.25, -0.2) is 9.59 Å². The largest absolute Gasteiger partial charge is 0.478 e. The van der Waals surface area contributed by atoms with Gasteiger partial charge < -0.3 is 9.84 Å². The van der Waals surface area contributed by atoms with Crippen molar-refractivity contribution in [3.05, 3.63) is 70.8 Å². The van der Waals surface area contributed by atoms with Crippen LogP contribution in [0.1, 0.15) is 31.8 Å². The van der Waals surface area contributed by atoms with Crippen LogP contribution in [0, 0.1) is 11.8 Å². The highest BCUT2D eigenvalue weighted by Crippen LogP contribution is 2.13. The number of esters is 1. The van der Waals surface area contributed by atoms with Crippen LogP contribution in [0.2, 0.25) is 0 Å². The van der Waals surface area contributed by atoms with Crippen LogP contribution in [0.15, 0.2) is 48.5 Å². The maximum Gasteiger partial charge on any atom is 0.338 e. The van der Waals surface area contributed by atoms with Crippen molar-refractivity contribution in [3.8, 4) is 11.8 Å². The van der Waals surface area contributed by atoms with Crippen molar-refractivity contribution in [1.82, 2.24) is 0 Å². The lowest BCUT2D eigenvalue weighted by Gasteiger charge is -2.04. The summed E-state index contributed by atoms with van der Waals surface area (Å²) in [5, 5.41) is 9.07. The van der Waals surface area contributed by atoms with E-state index in [0.29, 0.717) is 5.56 Å². The fraction of sp³-hybridized carbons (Fsp3) is 0.0588. The molecule has 1 N–H and O–H groups in total. The molecule has 0 aliphatic heterocycles. The van der Waals surface area contributed by atoms with Gasteiger partial charge in [0, 0.05) is 11.1 Å². The van der Waals surface area contributed by atoms with E-state index in [2.05, 4.69) is 16.6 Å². The summed E-state index contributed by atoms with van der Waals surface area (Å²) in [7, 11) is 1.20. The van der Waals surface area contributed by atoms with Gasteiger partial charge in [-0.1, -0.05) is 30.0 Å². The van der Waals surface area contributed by atoms with E-state index >= 15 is 0 Å². The predicted molar refractivity (Wildman–Crippen MR) is 77.2 cm³/mol. The first-order chi connectivity index (χ1) is 10.1. The Bertz CT molecular complexity index is 736. The molecule has 0 spiro atoms. The van der Waals surface area contributed by atoms with Crippen LogP contribution in [0.4, 0.5) is 0 Å². The molecule has 2 rings (SSSR count). The molecule has 104 valence electrons. The Hall–Kier alpha value is -3.06. The molecule has 0 radical (unpaired) electrons. The minimum atomic E-state index is -1.18. The van der Waals surface area contributed by atoms with Crippen LogP contribution in [0.5, 0.6) is 0 Å². The van der Waals surface area contributed by atoms with Gasteiger partial charge >= 0.3 is 11.9 Å². The number of hydrogen-bond acceptors (Lipinski definition) is 3. The molecule has 0 heterocycles. The molecule has 4 nitrogen and oxygen atoms in total. The molecule has 0 unspecified atom stereocenters. The average molecular weight is 280 g/mol. The third kappa shape index (κ3) is 3.48. The number of hydrogen-bond donors (Lipinski definition) is 1. The highest BCUT2D eigenvalue weighted by Gasteiger charge is 2.17. The number of benzene rings is 2. The SMILES string of the molecule is COC(=O)c1cc(C#Cc2ccccc2)ccc1C(=O)O. The number of carboxylic acids is 1. The second kappa shape index (κ2) is 6.40. The number of carbonyl (C=O) groups is 2. The van der Waals surface area contributed by atoms with Crippen molar-refractivity contribution in [1.29, 1.82) is 0 Å². The number of ether oxygens (including phenoxy) is 1. The fourth-order valence-corrected chi connectivity index (χ4v) is 1.75. The van der Waals surface area contributed by atoms with Crippen molar-refractivity contribution in [2.75, 3.05) is 7.11 Å². The van der Waals surface area contributed by atoms with Gasteiger partial charge in [-0.05, 0) is 30.3 Å². The smallest absolute Gasteiger partial charge is 0.338 e. The Morgan fingerprint density at radius 1 is 0.952 bits per heavy atom. The zero-order valence-corrected chi connectivity index (χ0v) is 11.3. The van der Waals surface area contributed by atoms with Crippen molar-refractivity contribution < 1.29 is 19.4 Å². The summed E-state index contributed by atoms with van der Waals surface area (Å²) >= 11 is 0. The van der Waals surface area contributed by atoms with Gasteiger partial charge in [0.25, 0.3) is 0 Å². The Labute approximate surface area is 122 Å². The van der Waals surface area contributed by atoms with Crippen molar-refractivity contribution in [2.45, 2.75) is 0 Å². The molecular weight excluding hydrogens is 268 g/mol. The fourth-order valence-electron chi connectivity index (χ4n) is 1.75. The number of rotatable bonds is 2. The number of methoxy groups -OCH3 is 1. The Morgan fingerprint density at radius 3 is 2.24 bits per heavy atom. The molecular formula is C17H12O4. The zero-order valence-electron chi connectivity index (χ0n) is 11.3. The summed E-state index contributed by atoms with van der Waals surface area (Å²) in [5.74, 6) is 3.96. The quantitative estimate of drug-likeness (QED) is 0.678. The third-order valence-corrected chi connectivity index (χ3v) is 2.78. The van der Waals surface area contributed by atoms with E-state index in [4.69, 9.17) is 5.11 Å². The molecule has 0 saturated carbocycles. The Balaban J connectivity index is 2.41. The van der Waals surface area contributed by atoms with E-state index in [0.717, 1.165) is 5.56 Å². The summed E-state index contributed by atoms with van der Waals surface area (Å²) < 4.78 is 4.59. The summed E-state index contributed by atoms with van der Waals surface area (Å²) in [6.07, 6.45) is 0. The molecule has 2 aromatic carbocycles. The zero-order chi connectivity index (χ0) is 15.2. The molecule has 0 aromatic heterocycles. The first-order valence-corrected chi connectivity index (χ1v) is 6.14. The van der Waals surface area contributed by atoms with Crippen molar-refractivity contribution in [3.63, 3.8) is 0 Å². The van der Waals surface area contributed by atoms with Crippen LogP contribution in [0.3, 0.4) is 0 Å². The second-order valence-corrected chi connectivity index (χ2v) is 4.17.